The maximum atomic E-state index is 12.3. The molecule has 2 heterocycles. The molecule has 0 fully saturated rings. The highest BCUT2D eigenvalue weighted by Gasteiger charge is 2.17. The Morgan fingerprint density at radius 3 is 2.63 bits per heavy atom. The number of para-hydroxylation sites is 1. The fraction of sp³-hybridized carbons (Fsp3) is 0.150. The van der Waals surface area contributed by atoms with E-state index in [2.05, 4.69) is 10.4 Å². The second kappa shape index (κ2) is 6.95. The first kappa shape index (κ1) is 16.8. The second-order valence-corrected chi connectivity index (χ2v) is 6.17. The summed E-state index contributed by atoms with van der Waals surface area (Å²) in [6.07, 6.45) is 0. The Labute approximate surface area is 154 Å². The van der Waals surface area contributed by atoms with Gasteiger partial charge in [0.1, 0.15) is 17.9 Å². The van der Waals surface area contributed by atoms with E-state index in [9.17, 15) is 9.59 Å². The smallest absolute Gasteiger partial charge is 0.437 e. The predicted octanol–water partition coefficient (Wildman–Crippen LogP) is 3.13. The number of nitrogens with zero attached hydrogens (tertiary/aromatic N) is 2. The average molecular weight is 363 g/mol. The number of carbonyl (C=O) groups is 1. The van der Waals surface area contributed by atoms with Crippen LogP contribution in [-0.4, -0.2) is 15.7 Å². The van der Waals surface area contributed by atoms with E-state index in [4.69, 9.17) is 8.83 Å². The maximum absolute atomic E-state index is 12.3. The monoisotopic (exact) mass is 363 g/mol. The van der Waals surface area contributed by atoms with E-state index in [1.165, 1.54) is 0 Å². The maximum Gasteiger partial charge on any atom is 0.437 e. The Morgan fingerprint density at radius 1 is 1.11 bits per heavy atom. The van der Waals surface area contributed by atoms with E-state index >= 15 is 0 Å². The van der Waals surface area contributed by atoms with Gasteiger partial charge in [0, 0.05) is 10.9 Å². The van der Waals surface area contributed by atoms with Crippen molar-refractivity contribution in [3.8, 4) is 11.5 Å². The van der Waals surface area contributed by atoms with Crippen LogP contribution in [-0.2, 0) is 11.3 Å². The van der Waals surface area contributed by atoms with Crippen LogP contribution in [0.5, 0.6) is 0 Å². The van der Waals surface area contributed by atoms with Gasteiger partial charge in [0.25, 0.3) is 0 Å². The zero-order valence-electron chi connectivity index (χ0n) is 14.6. The van der Waals surface area contributed by atoms with Gasteiger partial charge in [0.05, 0.1) is 6.04 Å². The third-order valence-electron chi connectivity index (χ3n) is 4.17. The molecule has 0 spiro atoms. The molecule has 0 saturated carbocycles. The summed E-state index contributed by atoms with van der Waals surface area (Å²) < 4.78 is 11.9. The van der Waals surface area contributed by atoms with E-state index in [1.54, 1.807) is 12.1 Å². The lowest BCUT2D eigenvalue weighted by Gasteiger charge is -2.10. The number of carbonyl (C=O) groups excluding carboxylic acids is 1. The van der Waals surface area contributed by atoms with Crippen molar-refractivity contribution >= 4 is 16.9 Å². The number of aromatic nitrogens is 2. The molecule has 136 valence electrons. The summed E-state index contributed by atoms with van der Waals surface area (Å²) in [7, 11) is 0. The molecule has 1 amide bonds. The summed E-state index contributed by atoms with van der Waals surface area (Å²) in [6, 6.07) is 18.2. The zero-order chi connectivity index (χ0) is 18.8. The Hall–Kier alpha value is -3.61. The predicted molar refractivity (Wildman–Crippen MR) is 99.0 cm³/mol. The van der Waals surface area contributed by atoms with Crippen molar-refractivity contribution < 1.29 is 13.6 Å². The minimum Gasteiger partial charge on any atom is -0.459 e. The number of hydrogen-bond donors (Lipinski definition) is 1. The van der Waals surface area contributed by atoms with Crippen LogP contribution in [0.2, 0.25) is 0 Å². The molecule has 1 unspecified atom stereocenters. The van der Waals surface area contributed by atoms with Crippen molar-refractivity contribution in [1.82, 2.24) is 15.1 Å². The Kier molecular flexibility index (Phi) is 4.33. The van der Waals surface area contributed by atoms with E-state index in [0.717, 1.165) is 15.7 Å². The molecule has 0 aliphatic rings. The van der Waals surface area contributed by atoms with Crippen LogP contribution in [0.1, 0.15) is 18.7 Å². The van der Waals surface area contributed by atoms with Crippen LogP contribution in [0.25, 0.3) is 22.4 Å². The first-order valence-electron chi connectivity index (χ1n) is 8.51. The molecule has 0 saturated heterocycles. The lowest BCUT2D eigenvalue weighted by atomic mass is 10.2. The van der Waals surface area contributed by atoms with Crippen molar-refractivity contribution in [3.63, 3.8) is 0 Å². The van der Waals surface area contributed by atoms with Crippen LogP contribution in [0.3, 0.4) is 0 Å². The van der Waals surface area contributed by atoms with Gasteiger partial charge in [0.2, 0.25) is 11.8 Å². The number of furan rings is 1. The second-order valence-electron chi connectivity index (χ2n) is 6.17. The minimum atomic E-state index is -0.680. The molecular weight excluding hydrogens is 346 g/mol. The van der Waals surface area contributed by atoms with Gasteiger partial charge in [-0.1, -0.05) is 36.4 Å². The average Bonchev–Trinajstić information content (AvgIpc) is 3.26. The van der Waals surface area contributed by atoms with Gasteiger partial charge in [0.15, 0.2) is 0 Å². The van der Waals surface area contributed by atoms with Gasteiger partial charge in [-0.05, 0) is 31.2 Å². The molecule has 4 aromatic rings. The van der Waals surface area contributed by atoms with Crippen LogP contribution in [0, 0.1) is 0 Å². The lowest BCUT2D eigenvalue weighted by molar-refractivity contribution is -0.122. The molecule has 7 nitrogen and oxygen atoms in total. The Morgan fingerprint density at radius 2 is 1.85 bits per heavy atom. The largest absolute Gasteiger partial charge is 0.459 e. The van der Waals surface area contributed by atoms with Crippen LogP contribution >= 0.6 is 0 Å². The van der Waals surface area contributed by atoms with E-state index in [1.807, 2.05) is 55.5 Å². The topological polar surface area (TPSA) is 90.3 Å². The molecule has 7 heteroatoms. The highest BCUT2D eigenvalue weighted by atomic mass is 16.4. The first-order valence-corrected chi connectivity index (χ1v) is 8.51. The lowest BCUT2D eigenvalue weighted by Crippen LogP contribution is -2.33. The van der Waals surface area contributed by atoms with Gasteiger partial charge >= 0.3 is 5.76 Å². The van der Waals surface area contributed by atoms with Crippen molar-refractivity contribution in [1.29, 1.82) is 0 Å². The van der Waals surface area contributed by atoms with Crippen LogP contribution < -0.4 is 11.1 Å². The Bertz CT molecular complexity index is 1110. The summed E-state index contributed by atoms with van der Waals surface area (Å²) in [5.41, 5.74) is 1.43. The third kappa shape index (κ3) is 3.52. The quantitative estimate of drug-likeness (QED) is 0.588. The normalized spacial score (nSPS) is 12.2. The van der Waals surface area contributed by atoms with Crippen LogP contribution in [0.15, 0.2) is 74.3 Å². The molecule has 1 N–H and O–H groups in total. The van der Waals surface area contributed by atoms with Gasteiger partial charge in [-0.25, -0.2) is 4.79 Å². The SMILES string of the molecule is CC(NC(=O)Cn1nc(-c2ccccc2)oc1=O)c1cc2ccccc2o1. The van der Waals surface area contributed by atoms with Crippen molar-refractivity contribution in [3.05, 3.63) is 77.0 Å². The van der Waals surface area contributed by atoms with Gasteiger partial charge < -0.3 is 14.2 Å². The van der Waals surface area contributed by atoms with E-state index in [-0.39, 0.29) is 24.4 Å². The first-order chi connectivity index (χ1) is 13.1. The molecule has 0 aliphatic heterocycles. The fourth-order valence-corrected chi connectivity index (χ4v) is 2.81. The molecule has 0 radical (unpaired) electrons. The summed E-state index contributed by atoms with van der Waals surface area (Å²) in [5, 5.41) is 7.86. The summed E-state index contributed by atoms with van der Waals surface area (Å²) >= 11 is 0. The minimum absolute atomic E-state index is 0.179. The Balaban J connectivity index is 1.46. The van der Waals surface area contributed by atoms with E-state index in [0.29, 0.717) is 11.3 Å². The molecule has 2 aromatic heterocycles. The van der Waals surface area contributed by atoms with Crippen molar-refractivity contribution in [2.24, 2.45) is 0 Å². The molecule has 0 aliphatic carbocycles. The number of rotatable bonds is 5. The van der Waals surface area contributed by atoms with Crippen molar-refractivity contribution in [2.45, 2.75) is 19.5 Å². The van der Waals surface area contributed by atoms with Gasteiger partial charge in [-0.2, -0.15) is 4.68 Å². The zero-order valence-corrected chi connectivity index (χ0v) is 14.6. The summed E-state index contributed by atoms with van der Waals surface area (Å²) in [6.45, 7) is 1.58. The third-order valence-corrected chi connectivity index (χ3v) is 4.17. The van der Waals surface area contributed by atoms with Crippen molar-refractivity contribution in [2.75, 3.05) is 0 Å². The highest BCUT2D eigenvalue weighted by molar-refractivity contribution is 5.79. The molecule has 27 heavy (non-hydrogen) atoms. The molecule has 1 atom stereocenters. The van der Waals surface area contributed by atoms with Crippen LogP contribution in [0.4, 0.5) is 0 Å². The number of amides is 1. The number of hydrogen-bond acceptors (Lipinski definition) is 5. The van der Waals surface area contributed by atoms with E-state index < -0.39 is 5.76 Å². The number of nitrogens with one attached hydrogen (secondary N) is 1. The molecule has 4 rings (SSSR count). The van der Waals surface area contributed by atoms with Gasteiger partial charge in [-0.15, -0.1) is 5.10 Å². The van der Waals surface area contributed by atoms with Gasteiger partial charge in [-0.3, -0.25) is 4.79 Å². The summed E-state index contributed by atoms with van der Waals surface area (Å²) in [5.74, 6) is -0.223. The molecule has 2 aromatic carbocycles. The number of benzene rings is 2. The standard InChI is InChI=1S/C20H17N3O4/c1-13(17-11-15-9-5-6-10-16(15)26-17)21-18(24)12-23-20(25)27-19(22-23)14-7-3-2-4-8-14/h2-11,13H,12H2,1H3,(H,21,24). The molecular formula is C20H17N3O4. The number of fused-ring (bicyclic) bond motifs is 1. The fourth-order valence-electron chi connectivity index (χ4n) is 2.81. The highest BCUT2D eigenvalue weighted by Crippen LogP contribution is 2.23. The molecule has 0 bridgehead atoms. The summed E-state index contributed by atoms with van der Waals surface area (Å²) in [4.78, 5) is 24.3.